The van der Waals surface area contributed by atoms with Crippen LogP contribution < -0.4 is 16.6 Å². The zero-order chi connectivity index (χ0) is 22.5. The van der Waals surface area contributed by atoms with E-state index in [2.05, 4.69) is 10.4 Å². The van der Waals surface area contributed by atoms with E-state index in [0.717, 1.165) is 14.8 Å². The second-order valence-corrected chi connectivity index (χ2v) is 7.90. The second-order valence-electron chi connectivity index (χ2n) is 7.46. The first kappa shape index (κ1) is 22.5. The van der Waals surface area contributed by atoms with Gasteiger partial charge in [-0.3, -0.25) is 14.2 Å². The Labute approximate surface area is 184 Å². The normalized spacial score (nSPS) is 11.0. The number of amides is 1. The van der Waals surface area contributed by atoms with Gasteiger partial charge in [0.1, 0.15) is 0 Å². The van der Waals surface area contributed by atoms with Gasteiger partial charge >= 0.3 is 5.69 Å². The molecule has 3 aromatic rings. The van der Waals surface area contributed by atoms with Crippen LogP contribution in [0.25, 0.3) is 5.69 Å². The number of likely N-dealkylation sites (N-methyl/N-ethyl adjacent to an activating group) is 1. The first-order valence-corrected chi connectivity index (χ1v) is 10.1. The summed E-state index contributed by atoms with van der Waals surface area (Å²) in [7, 11) is 3.75. The summed E-state index contributed by atoms with van der Waals surface area (Å²) in [6.45, 7) is 2.82. The minimum absolute atomic E-state index is 0.0371. The number of carbonyl (C=O) groups is 1. The summed E-state index contributed by atoms with van der Waals surface area (Å²) in [5, 5.41) is 7.28. The Morgan fingerprint density at radius 1 is 1.13 bits per heavy atom. The van der Waals surface area contributed by atoms with Crippen LogP contribution in [-0.4, -0.2) is 52.3 Å². The van der Waals surface area contributed by atoms with E-state index in [4.69, 9.17) is 11.6 Å². The maximum atomic E-state index is 13.1. The van der Waals surface area contributed by atoms with Gasteiger partial charge in [0.2, 0.25) is 5.69 Å². The number of carbonyl (C=O) groups excluding carboxylic acids is 1. The van der Waals surface area contributed by atoms with E-state index in [1.54, 1.807) is 36.4 Å². The number of halogens is 1. The van der Waals surface area contributed by atoms with Crippen molar-refractivity contribution in [1.29, 1.82) is 0 Å². The molecular weight excluding hydrogens is 418 g/mol. The highest BCUT2D eigenvalue weighted by atomic mass is 35.5. The van der Waals surface area contributed by atoms with Crippen LogP contribution in [0.4, 0.5) is 0 Å². The van der Waals surface area contributed by atoms with Crippen molar-refractivity contribution in [2.24, 2.45) is 0 Å². The van der Waals surface area contributed by atoms with Gasteiger partial charge in [0.05, 0.1) is 12.2 Å². The molecule has 0 radical (unpaired) electrons. The van der Waals surface area contributed by atoms with Crippen LogP contribution in [0.2, 0.25) is 5.02 Å². The minimum atomic E-state index is -0.754. The van der Waals surface area contributed by atoms with E-state index in [0.29, 0.717) is 29.4 Å². The van der Waals surface area contributed by atoms with Crippen LogP contribution in [0.5, 0.6) is 0 Å². The standard InChI is InChI=1S/C22H24ClN5O3/c1-15-7-9-18(10-8-15)28-22(31)27(14-16-5-4-6-17(23)13-16)21(30)19(25-28)20(29)24-11-12-26(2)3/h4-10,13H,11-12,14H2,1-3H3,(H,24,29). The molecule has 162 valence electrons. The van der Waals surface area contributed by atoms with Crippen LogP contribution in [0.1, 0.15) is 21.6 Å². The molecule has 31 heavy (non-hydrogen) atoms. The zero-order valence-electron chi connectivity index (χ0n) is 17.6. The van der Waals surface area contributed by atoms with Gasteiger partial charge in [-0.15, -0.1) is 0 Å². The number of aromatic nitrogens is 3. The first-order valence-electron chi connectivity index (χ1n) is 9.75. The molecule has 0 aliphatic rings. The Bertz CT molecular complexity index is 1200. The fourth-order valence-corrected chi connectivity index (χ4v) is 3.16. The maximum absolute atomic E-state index is 13.1. The molecule has 0 saturated heterocycles. The summed E-state index contributed by atoms with van der Waals surface area (Å²) in [5.41, 5.74) is 0.381. The van der Waals surface area contributed by atoms with Crippen molar-refractivity contribution in [2.45, 2.75) is 13.5 Å². The lowest BCUT2D eigenvalue weighted by Crippen LogP contribution is -2.46. The Morgan fingerprint density at radius 3 is 2.48 bits per heavy atom. The van der Waals surface area contributed by atoms with Gasteiger partial charge in [0.25, 0.3) is 11.5 Å². The van der Waals surface area contributed by atoms with Gasteiger partial charge in [-0.1, -0.05) is 41.4 Å². The number of benzene rings is 2. The lowest BCUT2D eigenvalue weighted by molar-refractivity contribution is 0.0941. The fraction of sp³-hybridized carbons (Fsp3) is 0.273. The van der Waals surface area contributed by atoms with Crippen molar-refractivity contribution in [3.05, 3.63) is 91.2 Å². The number of hydrogen-bond acceptors (Lipinski definition) is 5. The quantitative estimate of drug-likeness (QED) is 0.602. The molecular formula is C22H24ClN5O3. The summed E-state index contributed by atoms with van der Waals surface area (Å²) in [6.07, 6.45) is 0. The third-order valence-corrected chi connectivity index (χ3v) is 4.86. The summed E-state index contributed by atoms with van der Waals surface area (Å²) in [4.78, 5) is 40.8. The highest BCUT2D eigenvalue weighted by Gasteiger charge is 2.20. The van der Waals surface area contributed by atoms with Crippen molar-refractivity contribution in [3.8, 4) is 5.69 Å². The third-order valence-electron chi connectivity index (χ3n) is 4.63. The number of aryl methyl sites for hydroxylation is 1. The van der Waals surface area contributed by atoms with Gasteiger partial charge in [-0.25, -0.2) is 4.79 Å². The van der Waals surface area contributed by atoms with Crippen LogP contribution in [0, 0.1) is 6.92 Å². The molecule has 1 aromatic heterocycles. The Kier molecular flexibility index (Phi) is 7.04. The van der Waals surface area contributed by atoms with Gasteiger partial charge in [-0.05, 0) is 50.8 Å². The average molecular weight is 442 g/mol. The van der Waals surface area contributed by atoms with Crippen LogP contribution in [-0.2, 0) is 6.54 Å². The summed E-state index contributed by atoms with van der Waals surface area (Å²) in [6, 6.07) is 13.9. The molecule has 0 atom stereocenters. The first-order chi connectivity index (χ1) is 14.8. The van der Waals surface area contributed by atoms with Gasteiger partial charge < -0.3 is 10.2 Å². The Morgan fingerprint density at radius 2 is 1.84 bits per heavy atom. The van der Waals surface area contributed by atoms with Gasteiger partial charge in [0.15, 0.2) is 0 Å². The monoisotopic (exact) mass is 441 g/mol. The molecule has 1 heterocycles. The molecule has 3 rings (SSSR count). The van der Waals surface area contributed by atoms with Crippen LogP contribution in [0.3, 0.4) is 0 Å². The summed E-state index contributed by atoms with van der Waals surface area (Å²) < 4.78 is 2.08. The number of nitrogens with zero attached hydrogens (tertiary/aromatic N) is 4. The zero-order valence-corrected chi connectivity index (χ0v) is 18.4. The molecule has 0 fully saturated rings. The number of nitrogens with one attached hydrogen (secondary N) is 1. The van der Waals surface area contributed by atoms with Crippen molar-refractivity contribution in [2.75, 3.05) is 27.2 Å². The average Bonchev–Trinajstić information content (AvgIpc) is 2.72. The van der Waals surface area contributed by atoms with Crippen molar-refractivity contribution in [1.82, 2.24) is 24.6 Å². The van der Waals surface area contributed by atoms with E-state index < -0.39 is 17.2 Å². The topological polar surface area (TPSA) is 89.2 Å². The SMILES string of the molecule is Cc1ccc(-n2nc(C(=O)NCCN(C)C)c(=O)n(Cc3cccc(Cl)c3)c2=O)cc1. The summed E-state index contributed by atoms with van der Waals surface area (Å²) in [5.74, 6) is -0.632. The maximum Gasteiger partial charge on any atom is 0.352 e. The molecule has 2 aromatic carbocycles. The number of hydrogen-bond donors (Lipinski definition) is 1. The molecule has 0 bridgehead atoms. The fourth-order valence-electron chi connectivity index (χ4n) is 2.95. The Hall–Kier alpha value is -3.23. The van der Waals surface area contributed by atoms with Crippen LogP contribution >= 0.6 is 11.6 Å². The molecule has 9 heteroatoms. The lowest BCUT2D eigenvalue weighted by atomic mass is 10.2. The molecule has 0 saturated carbocycles. The predicted octanol–water partition coefficient (Wildman–Crippen LogP) is 1.70. The van der Waals surface area contributed by atoms with E-state index in [-0.39, 0.29) is 12.2 Å². The smallest absolute Gasteiger partial charge is 0.349 e. The van der Waals surface area contributed by atoms with Crippen molar-refractivity contribution < 1.29 is 4.79 Å². The lowest BCUT2D eigenvalue weighted by Gasteiger charge is -2.13. The van der Waals surface area contributed by atoms with E-state index in [1.807, 2.05) is 38.1 Å². The molecule has 0 spiro atoms. The van der Waals surface area contributed by atoms with Crippen LogP contribution in [0.15, 0.2) is 58.1 Å². The third kappa shape index (κ3) is 5.48. The summed E-state index contributed by atoms with van der Waals surface area (Å²) >= 11 is 6.05. The largest absolute Gasteiger partial charge is 0.352 e. The van der Waals surface area contributed by atoms with E-state index >= 15 is 0 Å². The minimum Gasteiger partial charge on any atom is -0.349 e. The predicted molar refractivity (Wildman–Crippen MR) is 120 cm³/mol. The van der Waals surface area contributed by atoms with Crippen molar-refractivity contribution in [3.63, 3.8) is 0 Å². The molecule has 0 aliphatic carbocycles. The van der Waals surface area contributed by atoms with E-state index in [9.17, 15) is 14.4 Å². The van der Waals surface area contributed by atoms with Crippen molar-refractivity contribution >= 4 is 17.5 Å². The second kappa shape index (κ2) is 9.72. The van der Waals surface area contributed by atoms with Gasteiger partial charge in [-0.2, -0.15) is 9.78 Å². The molecule has 0 unspecified atom stereocenters. The number of rotatable bonds is 7. The molecule has 1 N–H and O–H groups in total. The highest BCUT2D eigenvalue weighted by Crippen LogP contribution is 2.11. The molecule has 1 amide bonds. The van der Waals surface area contributed by atoms with E-state index in [1.165, 1.54) is 0 Å². The molecule has 8 nitrogen and oxygen atoms in total. The molecule has 0 aliphatic heterocycles. The van der Waals surface area contributed by atoms with Gasteiger partial charge in [0, 0.05) is 18.1 Å². The highest BCUT2D eigenvalue weighted by molar-refractivity contribution is 6.30. The Balaban J connectivity index is 2.10.